The number of hydrogen-bond acceptors (Lipinski definition) is 5. The molecular weight excluding hydrogens is 361 g/mol. The molecule has 0 aliphatic heterocycles. The van der Waals surface area contributed by atoms with E-state index in [1.54, 1.807) is 13.3 Å². The zero-order valence-electron chi connectivity index (χ0n) is 8.28. The van der Waals surface area contributed by atoms with E-state index < -0.39 is 0 Å². The van der Waals surface area contributed by atoms with E-state index in [4.69, 9.17) is 16.3 Å². The van der Waals surface area contributed by atoms with Crippen molar-refractivity contribution in [1.82, 2.24) is 15.0 Å². The third-order valence-corrected chi connectivity index (χ3v) is 4.28. The molecule has 0 fully saturated rings. The minimum atomic E-state index is 0.416. The molecule has 16 heavy (non-hydrogen) atoms. The summed E-state index contributed by atoms with van der Waals surface area (Å²) in [6.45, 7) is 0.416. The Morgan fingerprint density at radius 3 is 2.94 bits per heavy atom. The lowest BCUT2D eigenvalue weighted by Gasteiger charge is -2.05. The van der Waals surface area contributed by atoms with Gasteiger partial charge in [-0.25, -0.2) is 15.0 Å². The van der Waals surface area contributed by atoms with Crippen LogP contribution in [0.3, 0.4) is 0 Å². The lowest BCUT2D eigenvalue weighted by atomic mass is 10.4. The predicted molar refractivity (Wildman–Crippen MR) is 71.6 cm³/mol. The third kappa shape index (κ3) is 2.50. The Morgan fingerprint density at radius 1 is 1.50 bits per heavy atom. The molecule has 0 N–H and O–H groups in total. The summed E-state index contributed by atoms with van der Waals surface area (Å²) in [6, 6.07) is 0. The maximum absolute atomic E-state index is 6.03. The van der Waals surface area contributed by atoms with Gasteiger partial charge in [-0.2, -0.15) is 0 Å². The van der Waals surface area contributed by atoms with Crippen molar-refractivity contribution < 1.29 is 4.74 Å². The van der Waals surface area contributed by atoms with E-state index in [0.29, 0.717) is 17.6 Å². The summed E-state index contributed by atoms with van der Waals surface area (Å²) in [5, 5.41) is 3.07. The fourth-order valence-corrected chi connectivity index (χ4v) is 2.28. The van der Waals surface area contributed by atoms with E-state index in [2.05, 4.69) is 37.5 Å². The largest absolute Gasteiger partial charge is 0.378 e. The highest BCUT2D eigenvalue weighted by molar-refractivity contribution is 14.1. The van der Waals surface area contributed by atoms with E-state index in [1.165, 1.54) is 11.3 Å². The Labute approximate surface area is 115 Å². The van der Waals surface area contributed by atoms with Crippen molar-refractivity contribution in [3.63, 3.8) is 0 Å². The van der Waals surface area contributed by atoms with Crippen molar-refractivity contribution in [1.29, 1.82) is 0 Å². The van der Waals surface area contributed by atoms with Gasteiger partial charge in [0.2, 0.25) is 0 Å². The van der Waals surface area contributed by atoms with E-state index in [0.717, 1.165) is 14.3 Å². The summed E-state index contributed by atoms with van der Waals surface area (Å²) < 4.78 is 5.89. The van der Waals surface area contributed by atoms with Gasteiger partial charge < -0.3 is 4.74 Å². The van der Waals surface area contributed by atoms with Gasteiger partial charge in [0.25, 0.3) is 0 Å². The van der Waals surface area contributed by atoms with Gasteiger partial charge in [-0.3, -0.25) is 0 Å². The first kappa shape index (κ1) is 12.2. The molecule has 2 rings (SSSR count). The molecule has 0 aromatic carbocycles. The Balaban J connectivity index is 2.48. The minimum absolute atomic E-state index is 0.416. The van der Waals surface area contributed by atoms with Crippen molar-refractivity contribution in [2.75, 3.05) is 7.11 Å². The number of rotatable bonds is 3. The molecule has 4 nitrogen and oxygen atoms in total. The average molecular weight is 368 g/mol. The Kier molecular flexibility index (Phi) is 4.06. The van der Waals surface area contributed by atoms with Crippen LogP contribution < -0.4 is 0 Å². The average Bonchev–Trinajstić information content (AvgIpc) is 2.78. The van der Waals surface area contributed by atoms with Gasteiger partial charge in [-0.05, 0) is 22.6 Å². The first-order valence-corrected chi connectivity index (χ1v) is 6.66. The highest BCUT2D eigenvalue weighted by Crippen LogP contribution is 2.25. The fourth-order valence-electron chi connectivity index (χ4n) is 1.12. The number of thiazole rings is 1. The normalized spacial score (nSPS) is 10.7. The molecular formula is C9H7ClIN3OS. The van der Waals surface area contributed by atoms with Crippen molar-refractivity contribution >= 4 is 45.5 Å². The highest BCUT2D eigenvalue weighted by atomic mass is 127. The first-order valence-electron chi connectivity index (χ1n) is 4.33. The molecule has 2 heterocycles. The fraction of sp³-hybridized carbons (Fsp3) is 0.222. The zero-order valence-corrected chi connectivity index (χ0v) is 12.0. The molecule has 2 aromatic rings. The lowest BCUT2D eigenvalue weighted by Crippen LogP contribution is -2.01. The Hall–Kier alpha value is -0.310. The number of hydrogen-bond donors (Lipinski definition) is 0. The van der Waals surface area contributed by atoms with Gasteiger partial charge in [-0.1, -0.05) is 11.6 Å². The van der Waals surface area contributed by atoms with Gasteiger partial charge >= 0.3 is 0 Å². The molecule has 2 aromatic heterocycles. The monoisotopic (exact) mass is 367 g/mol. The SMILES string of the molecule is COCc1nc(-c2nccs2)nc(Cl)c1I. The molecule has 0 aliphatic carbocycles. The standard InChI is InChI=1S/C9H7ClIN3OS/c1-15-4-5-6(11)7(10)14-8(13-5)9-12-2-3-16-9/h2-3H,4H2,1H3. The van der Waals surface area contributed by atoms with Crippen LogP contribution in [-0.4, -0.2) is 22.1 Å². The quantitative estimate of drug-likeness (QED) is 0.618. The minimum Gasteiger partial charge on any atom is -0.378 e. The van der Waals surface area contributed by atoms with E-state index in [9.17, 15) is 0 Å². The third-order valence-electron chi connectivity index (χ3n) is 1.78. The molecule has 84 valence electrons. The van der Waals surface area contributed by atoms with Crippen LogP contribution in [0.1, 0.15) is 5.69 Å². The molecule has 0 amide bonds. The summed E-state index contributed by atoms with van der Waals surface area (Å²) in [4.78, 5) is 12.7. The van der Waals surface area contributed by atoms with Crippen LogP contribution in [0.25, 0.3) is 10.8 Å². The van der Waals surface area contributed by atoms with Gasteiger partial charge in [0.15, 0.2) is 10.8 Å². The van der Waals surface area contributed by atoms with Crippen molar-refractivity contribution in [3.8, 4) is 10.8 Å². The molecule has 0 unspecified atom stereocenters. The van der Waals surface area contributed by atoms with Crippen LogP contribution >= 0.6 is 45.5 Å². The van der Waals surface area contributed by atoms with Crippen LogP contribution in [0.5, 0.6) is 0 Å². The van der Waals surface area contributed by atoms with Crippen molar-refractivity contribution in [2.24, 2.45) is 0 Å². The maximum atomic E-state index is 6.03. The van der Waals surface area contributed by atoms with E-state index >= 15 is 0 Å². The summed E-state index contributed by atoms with van der Waals surface area (Å²) in [6.07, 6.45) is 1.71. The van der Waals surface area contributed by atoms with Crippen LogP contribution in [0.4, 0.5) is 0 Å². The van der Waals surface area contributed by atoms with Crippen LogP contribution in [0, 0.1) is 3.57 Å². The summed E-state index contributed by atoms with van der Waals surface area (Å²) in [5.41, 5.74) is 0.785. The Morgan fingerprint density at radius 2 is 2.31 bits per heavy atom. The maximum Gasteiger partial charge on any atom is 0.190 e. The second-order valence-corrected chi connectivity index (χ2v) is 5.20. The summed E-state index contributed by atoms with van der Waals surface area (Å²) in [5.74, 6) is 0.549. The molecule has 0 saturated carbocycles. The Bertz CT molecular complexity index is 492. The second kappa shape index (κ2) is 5.35. The van der Waals surface area contributed by atoms with Gasteiger partial charge in [0.05, 0.1) is 15.9 Å². The van der Waals surface area contributed by atoms with Gasteiger partial charge in [0, 0.05) is 18.7 Å². The number of aromatic nitrogens is 3. The molecule has 0 radical (unpaired) electrons. The van der Waals surface area contributed by atoms with Gasteiger partial charge in [0.1, 0.15) is 5.15 Å². The number of methoxy groups -OCH3 is 1. The number of nitrogens with zero attached hydrogens (tertiary/aromatic N) is 3. The first-order chi connectivity index (χ1) is 7.72. The summed E-state index contributed by atoms with van der Waals surface area (Å²) >= 11 is 9.62. The predicted octanol–water partition coefficient (Wildman–Crippen LogP) is 3.00. The van der Waals surface area contributed by atoms with Crippen molar-refractivity contribution in [3.05, 3.63) is 26.0 Å². The second-order valence-electron chi connectivity index (χ2n) is 2.87. The highest BCUT2D eigenvalue weighted by Gasteiger charge is 2.13. The molecule has 0 saturated heterocycles. The topological polar surface area (TPSA) is 47.9 Å². The van der Waals surface area contributed by atoms with Crippen LogP contribution in [-0.2, 0) is 11.3 Å². The van der Waals surface area contributed by atoms with Gasteiger partial charge in [-0.15, -0.1) is 11.3 Å². The molecule has 0 aliphatic rings. The van der Waals surface area contributed by atoms with E-state index in [-0.39, 0.29) is 0 Å². The van der Waals surface area contributed by atoms with E-state index in [1.807, 2.05) is 5.38 Å². The number of ether oxygens (including phenoxy) is 1. The number of halogens is 2. The smallest absolute Gasteiger partial charge is 0.190 e. The molecule has 0 bridgehead atoms. The van der Waals surface area contributed by atoms with Crippen LogP contribution in [0.15, 0.2) is 11.6 Å². The lowest BCUT2D eigenvalue weighted by molar-refractivity contribution is 0.181. The zero-order chi connectivity index (χ0) is 11.5. The van der Waals surface area contributed by atoms with Crippen LogP contribution in [0.2, 0.25) is 5.15 Å². The van der Waals surface area contributed by atoms with Crippen molar-refractivity contribution in [2.45, 2.75) is 6.61 Å². The molecule has 0 spiro atoms. The molecule has 0 atom stereocenters. The molecule has 7 heteroatoms. The summed E-state index contributed by atoms with van der Waals surface area (Å²) in [7, 11) is 1.62.